The number of pyridine rings is 1. The highest BCUT2D eigenvalue weighted by atomic mass is 32.1. The largest absolute Gasteiger partial charge is 0.357 e. The lowest BCUT2D eigenvalue weighted by molar-refractivity contribution is -0.148. The van der Waals surface area contributed by atoms with Crippen molar-refractivity contribution in [1.29, 1.82) is 0 Å². The fraction of sp³-hybridized carbons (Fsp3) is 0.391. The zero-order valence-corrected chi connectivity index (χ0v) is 20.0. The van der Waals surface area contributed by atoms with Crippen LogP contribution in [0.3, 0.4) is 0 Å². The van der Waals surface area contributed by atoms with Gasteiger partial charge in [0.2, 0.25) is 0 Å². The Hall–Kier alpha value is -3.08. The van der Waals surface area contributed by atoms with Crippen molar-refractivity contribution in [2.24, 2.45) is 4.99 Å². The fourth-order valence-electron chi connectivity index (χ4n) is 3.26. The highest BCUT2D eigenvalue weighted by molar-refractivity contribution is 7.13. The fourth-order valence-corrected chi connectivity index (χ4v) is 4.02. The van der Waals surface area contributed by atoms with E-state index >= 15 is 0 Å². The minimum Gasteiger partial charge on any atom is -0.357 e. The minimum atomic E-state index is -0.571. The average Bonchev–Trinajstić information content (AvgIpc) is 3.47. The van der Waals surface area contributed by atoms with Crippen molar-refractivity contribution in [3.05, 3.63) is 54.5 Å². The summed E-state index contributed by atoms with van der Waals surface area (Å²) < 4.78 is 11.4. The summed E-state index contributed by atoms with van der Waals surface area (Å²) in [7, 11) is 0. The molecule has 3 heterocycles. The van der Waals surface area contributed by atoms with Crippen molar-refractivity contribution in [3.8, 4) is 10.6 Å². The number of aromatic nitrogens is 2. The molecule has 0 aliphatic carbocycles. The zero-order chi connectivity index (χ0) is 23.7. The molecule has 176 valence electrons. The lowest BCUT2D eigenvalue weighted by Crippen LogP contribution is -2.35. The number of anilines is 1. The molecule has 3 rings (SSSR count). The van der Waals surface area contributed by atoms with E-state index in [2.05, 4.69) is 37.1 Å². The number of urea groups is 1. The quantitative estimate of drug-likeness (QED) is 0.420. The molecule has 33 heavy (non-hydrogen) atoms. The van der Waals surface area contributed by atoms with E-state index in [-0.39, 0.29) is 0 Å². The molecule has 0 bridgehead atoms. The first kappa shape index (κ1) is 24.6. The number of hydrogen-bond donors (Lipinski definition) is 2. The van der Waals surface area contributed by atoms with Gasteiger partial charge in [0.25, 0.3) is 0 Å². The van der Waals surface area contributed by atoms with Crippen LogP contribution in [0.2, 0.25) is 0 Å². The number of allylic oxidation sites excluding steroid dienone is 1. The van der Waals surface area contributed by atoms with Crippen molar-refractivity contribution in [3.63, 3.8) is 0 Å². The first-order chi connectivity index (χ1) is 16.0. The van der Waals surface area contributed by atoms with Crippen LogP contribution in [0.15, 0.2) is 59.5 Å². The molecule has 9 nitrogen and oxygen atoms in total. The molecule has 1 saturated heterocycles. The van der Waals surface area contributed by atoms with Crippen molar-refractivity contribution >= 4 is 29.0 Å². The molecule has 0 aromatic carbocycles. The number of ether oxygens (including phenoxy) is 2. The molecule has 2 N–H and O–H groups in total. The van der Waals surface area contributed by atoms with Gasteiger partial charge >= 0.3 is 6.03 Å². The molecule has 0 spiro atoms. The number of hydrogen-bond acceptors (Lipinski definition) is 8. The highest BCUT2D eigenvalue weighted by Gasteiger charge is 2.31. The second kappa shape index (κ2) is 11.7. The van der Waals surface area contributed by atoms with Gasteiger partial charge in [-0.1, -0.05) is 6.58 Å². The van der Waals surface area contributed by atoms with E-state index in [0.717, 1.165) is 22.9 Å². The topological polar surface area (TPSA) is 101 Å². The second-order valence-corrected chi connectivity index (χ2v) is 8.22. The SMILES string of the molecule is C=C/C(=N\C(=C/C)N(CC)CCC1(C)OCCO1)NC(=O)Nc1csc(-c2ccncc2)n1. The Kier molecular flexibility index (Phi) is 8.70. The zero-order valence-electron chi connectivity index (χ0n) is 19.2. The monoisotopic (exact) mass is 470 g/mol. The molecule has 0 unspecified atom stereocenters. The lowest BCUT2D eigenvalue weighted by Gasteiger charge is -2.28. The van der Waals surface area contributed by atoms with Crippen molar-refractivity contribution in [1.82, 2.24) is 20.2 Å². The first-order valence-electron chi connectivity index (χ1n) is 10.8. The van der Waals surface area contributed by atoms with Crippen LogP contribution in [-0.2, 0) is 9.47 Å². The summed E-state index contributed by atoms with van der Waals surface area (Å²) in [5, 5.41) is 8.05. The van der Waals surface area contributed by atoms with Gasteiger partial charge in [-0.05, 0) is 45.1 Å². The van der Waals surface area contributed by atoms with E-state index < -0.39 is 11.8 Å². The van der Waals surface area contributed by atoms with E-state index in [0.29, 0.717) is 37.8 Å². The van der Waals surface area contributed by atoms with E-state index in [1.54, 1.807) is 17.8 Å². The maximum atomic E-state index is 12.5. The van der Waals surface area contributed by atoms with Gasteiger partial charge in [-0.15, -0.1) is 11.3 Å². The van der Waals surface area contributed by atoms with Gasteiger partial charge in [0.15, 0.2) is 5.79 Å². The van der Waals surface area contributed by atoms with Gasteiger partial charge in [0, 0.05) is 42.8 Å². The normalized spacial score (nSPS) is 15.8. The van der Waals surface area contributed by atoms with Crippen LogP contribution in [-0.4, -0.2) is 58.8 Å². The van der Waals surface area contributed by atoms with Gasteiger partial charge in [-0.3, -0.25) is 15.6 Å². The number of carbonyl (C=O) groups excluding carboxylic acids is 1. The molecule has 0 atom stereocenters. The van der Waals surface area contributed by atoms with E-state index in [4.69, 9.17) is 9.47 Å². The van der Waals surface area contributed by atoms with Crippen LogP contribution in [0.4, 0.5) is 10.6 Å². The number of amidine groups is 1. The Morgan fingerprint density at radius 2 is 2.09 bits per heavy atom. The second-order valence-electron chi connectivity index (χ2n) is 7.36. The number of rotatable bonds is 9. The number of thiazole rings is 1. The predicted octanol–water partition coefficient (Wildman–Crippen LogP) is 4.25. The number of carbonyl (C=O) groups is 1. The maximum Gasteiger partial charge on any atom is 0.326 e. The van der Waals surface area contributed by atoms with Gasteiger partial charge in [-0.2, -0.15) is 0 Å². The summed E-state index contributed by atoms with van der Waals surface area (Å²) in [4.78, 5) is 27.7. The van der Waals surface area contributed by atoms with Gasteiger partial charge in [0.05, 0.1) is 13.2 Å². The number of amides is 2. The van der Waals surface area contributed by atoms with Crippen LogP contribution in [0.5, 0.6) is 0 Å². The smallest absolute Gasteiger partial charge is 0.326 e. The summed E-state index contributed by atoms with van der Waals surface area (Å²) in [6.45, 7) is 12.3. The molecule has 1 fully saturated rings. The van der Waals surface area contributed by atoms with Crippen LogP contribution in [0.1, 0.15) is 27.2 Å². The average molecular weight is 471 g/mol. The standard InChI is InChI=1S/C23H30N6O3S/c1-5-18(25-20(6-2)29(7-3)13-10-23(4)31-14-15-32-23)27-22(30)28-19-16-33-21(26-19)17-8-11-24-12-9-17/h5-6,8-9,11-12,16H,1,7,10,13-15H2,2-4H3,(H2,25,27,28,30)/b20-6+. The van der Waals surface area contributed by atoms with Gasteiger partial charge < -0.3 is 14.4 Å². The molecule has 2 amide bonds. The summed E-state index contributed by atoms with van der Waals surface area (Å²) in [5.74, 6) is 0.947. The van der Waals surface area contributed by atoms with Gasteiger partial charge in [0.1, 0.15) is 22.5 Å². The van der Waals surface area contributed by atoms with Crippen LogP contribution < -0.4 is 10.6 Å². The highest BCUT2D eigenvalue weighted by Crippen LogP contribution is 2.25. The Bertz CT molecular complexity index is 999. The number of aliphatic imine (C=N–C) groups is 1. The summed E-state index contributed by atoms with van der Waals surface area (Å²) in [6, 6.07) is 3.29. The van der Waals surface area contributed by atoms with E-state index in [9.17, 15) is 4.79 Å². The molecule has 0 radical (unpaired) electrons. The molecule has 2 aromatic heterocycles. The molecular weight excluding hydrogens is 440 g/mol. The first-order valence-corrected chi connectivity index (χ1v) is 11.7. The van der Waals surface area contributed by atoms with E-state index in [1.807, 2.05) is 39.0 Å². The Labute approximate surface area is 198 Å². The molecule has 1 aliphatic heterocycles. The Morgan fingerprint density at radius 3 is 2.73 bits per heavy atom. The van der Waals surface area contributed by atoms with Crippen molar-refractivity contribution in [2.75, 3.05) is 31.6 Å². The molecular formula is C23H30N6O3S. The minimum absolute atomic E-state index is 0.336. The van der Waals surface area contributed by atoms with Crippen LogP contribution in [0.25, 0.3) is 10.6 Å². The molecule has 0 saturated carbocycles. The summed E-state index contributed by atoms with van der Waals surface area (Å²) >= 11 is 1.44. The van der Waals surface area contributed by atoms with Crippen LogP contribution in [0, 0.1) is 0 Å². The Balaban J connectivity index is 1.60. The third-order valence-electron chi connectivity index (χ3n) is 5.04. The van der Waals surface area contributed by atoms with Crippen molar-refractivity contribution in [2.45, 2.75) is 33.0 Å². The summed E-state index contributed by atoms with van der Waals surface area (Å²) in [5.41, 5.74) is 0.941. The number of nitrogens with zero attached hydrogens (tertiary/aromatic N) is 4. The molecule has 1 aliphatic rings. The van der Waals surface area contributed by atoms with Gasteiger partial charge in [-0.25, -0.2) is 14.8 Å². The molecule has 10 heteroatoms. The number of nitrogens with one attached hydrogen (secondary N) is 2. The molecule has 2 aromatic rings. The van der Waals surface area contributed by atoms with Crippen LogP contribution >= 0.6 is 11.3 Å². The van der Waals surface area contributed by atoms with E-state index in [1.165, 1.54) is 17.4 Å². The summed E-state index contributed by atoms with van der Waals surface area (Å²) in [6.07, 6.45) is 7.51. The van der Waals surface area contributed by atoms with Crippen molar-refractivity contribution < 1.29 is 14.3 Å². The maximum absolute atomic E-state index is 12.5. The third kappa shape index (κ3) is 6.95. The predicted molar refractivity (Wildman–Crippen MR) is 131 cm³/mol. The Morgan fingerprint density at radius 1 is 1.36 bits per heavy atom. The third-order valence-corrected chi connectivity index (χ3v) is 5.93. The lowest BCUT2D eigenvalue weighted by atomic mass is 10.2.